The summed E-state index contributed by atoms with van der Waals surface area (Å²) in [7, 11) is 1.63. The normalized spacial score (nSPS) is 17.4. The van der Waals surface area contributed by atoms with Crippen LogP contribution in [-0.4, -0.2) is 0 Å². The van der Waals surface area contributed by atoms with Gasteiger partial charge in [0.2, 0.25) is 5.69 Å². The Labute approximate surface area is 212 Å². The zero-order chi connectivity index (χ0) is 30.9. The Morgan fingerprint density at radius 3 is 2.65 bits per heavy atom. The minimum Gasteiger partial charge on any atom is -0.456 e. The largest absolute Gasteiger partial charge is 0.456 e. The third-order valence-corrected chi connectivity index (χ3v) is 6.45. The summed E-state index contributed by atoms with van der Waals surface area (Å²) < 4.78 is 75.2. The van der Waals surface area contributed by atoms with Crippen molar-refractivity contribution in [1.29, 1.82) is 0 Å². The van der Waals surface area contributed by atoms with Gasteiger partial charge in [-0.3, -0.25) is 0 Å². The second kappa shape index (κ2) is 8.15. The summed E-state index contributed by atoms with van der Waals surface area (Å²) in [6.45, 7) is 6.51. The number of fused-ring (bicyclic) bond motifs is 3. The number of nitrogens with zero attached hydrogens (tertiary/aromatic N) is 2. The van der Waals surface area contributed by atoms with Crippen molar-refractivity contribution in [3.63, 3.8) is 0 Å². The van der Waals surface area contributed by atoms with Gasteiger partial charge in [-0.15, -0.1) is 0 Å². The molecule has 0 spiro atoms. The van der Waals surface area contributed by atoms with Crippen LogP contribution in [0.4, 0.5) is 5.69 Å². The third kappa shape index (κ3) is 3.30. The van der Waals surface area contributed by atoms with Crippen molar-refractivity contribution in [3.8, 4) is 22.4 Å². The van der Waals surface area contributed by atoms with Crippen molar-refractivity contribution in [1.82, 2.24) is 0 Å². The molecule has 3 aromatic carbocycles. The van der Waals surface area contributed by atoms with Gasteiger partial charge >= 0.3 is 0 Å². The molecule has 0 saturated heterocycles. The first kappa shape index (κ1) is 14.4. The molecule has 0 N–H and O–H groups in total. The lowest BCUT2D eigenvalue weighted by Gasteiger charge is -2.14. The van der Waals surface area contributed by atoms with Crippen LogP contribution in [0.2, 0.25) is 0 Å². The Morgan fingerprint density at radius 2 is 1.94 bits per heavy atom. The molecule has 0 aliphatic carbocycles. The van der Waals surface area contributed by atoms with Crippen LogP contribution in [0.5, 0.6) is 0 Å². The highest BCUT2D eigenvalue weighted by atomic mass is 16.3. The predicted molar refractivity (Wildman–Crippen MR) is 140 cm³/mol. The molecule has 2 aromatic heterocycles. The molecule has 0 bridgehead atoms. The van der Waals surface area contributed by atoms with Gasteiger partial charge < -0.3 is 4.42 Å². The van der Waals surface area contributed by atoms with Gasteiger partial charge in [0.25, 0.3) is 0 Å². The highest BCUT2D eigenvalue weighted by molar-refractivity contribution is 6.16. The second-order valence-electron chi connectivity index (χ2n) is 8.57. The van der Waals surface area contributed by atoms with Gasteiger partial charge in [0.15, 0.2) is 11.4 Å². The highest BCUT2D eigenvalue weighted by Gasteiger charge is 2.26. The first-order valence-electron chi connectivity index (χ1n) is 15.0. The number of hydrogen-bond acceptors (Lipinski definition) is 1. The quantitative estimate of drug-likeness (QED) is 0.199. The van der Waals surface area contributed by atoms with Gasteiger partial charge in [-0.25, -0.2) is 4.85 Å². The van der Waals surface area contributed by atoms with Crippen LogP contribution < -0.4 is 4.57 Å². The van der Waals surface area contributed by atoms with Crippen LogP contribution in [-0.2, 0) is 7.05 Å². The molecule has 3 nitrogen and oxygen atoms in total. The topological polar surface area (TPSA) is 21.4 Å². The number of aromatic nitrogens is 1. The molecule has 3 heteroatoms. The summed E-state index contributed by atoms with van der Waals surface area (Å²) in [6, 6.07) is 16.5. The van der Waals surface area contributed by atoms with Gasteiger partial charge in [0.05, 0.1) is 13.5 Å². The van der Waals surface area contributed by atoms with E-state index in [4.69, 9.17) is 20.6 Å². The van der Waals surface area contributed by atoms with Crippen molar-refractivity contribution in [3.05, 3.63) is 94.4 Å². The van der Waals surface area contributed by atoms with Crippen LogP contribution in [0.25, 0.3) is 49.2 Å². The smallest absolute Gasteiger partial charge is 0.216 e. The predicted octanol–water partition coefficient (Wildman–Crippen LogP) is 8.34. The first-order valence-corrected chi connectivity index (χ1v) is 11.0. The van der Waals surface area contributed by atoms with Gasteiger partial charge in [0.1, 0.15) is 18.2 Å². The molecule has 0 saturated carbocycles. The van der Waals surface area contributed by atoms with E-state index in [1.165, 1.54) is 0 Å². The van der Waals surface area contributed by atoms with E-state index in [0.717, 1.165) is 28.8 Å². The van der Waals surface area contributed by atoms with Crippen molar-refractivity contribution < 1.29 is 20.0 Å². The molecule has 1 unspecified atom stereocenters. The van der Waals surface area contributed by atoms with Crippen LogP contribution in [0.15, 0.2) is 65.1 Å². The highest BCUT2D eigenvalue weighted by Crippen LogP contribution is 2.43. The fourth-order valence-electron chi connectivity index (χ4n) is 4.55. The Hall–Kier alpha value is -3.90. The molecule has 34 heavy (non-hydrogen) atoms. The first-order chi connectivity index (χ1) is 19.5. The summed E-state index contributed by atoms with van der Waals surface area (Å²) in [4.78, 5) is 3.64. The monoisotopic (exact) mass is 453 g/mol. The Balaban J connectivity index is 1.98. The lowest BCUT2D eigenvalue weighted by molar-refractivity contribution is -0.667. The van der Waals surface area contributed by atoms with E-state index >= 15 is 0 Å². The van der Waals surface area contributed by atoms with Crippen molar-refractivity contribution in [2.24, 2.45) is 7.05 Å². The maximum atomic E-state index is 9.30. The molecule has 2 heterocycles. The fraction of sp³-hybridized carbons (Fsp3) is 0.226. The zero-order valence-electron chi connectivity index (χ0n) is 27.5. The third-order valence-electron chi connectivity index (χ3n) is 6.45. The molecule has 5 aromatic rings. The summed E-state index contributed by atoms with van der Waals surface area (Å²) in [5, 5.41) is 1.51. The Morgan fingerprint density at radius 1 is 1.15 bits per heavy atom. The summed E-state index contributed by atoms with van der Waals surface area (Å²) in [6.07, 6.45) is 0. The molecular formula is C31H29N2O+. The van der Waals surface area contributed by atoms with E-state index in [-0.39, 0.29) is 28.6 Å². The number of pyridine rings is 1. The number of furan rings is 1. The van der Waals surface area contributed by atoms with Crippen molar-refractivity contribution in [2.75, 3.05) is 0 Å². The Bertz CT molecular complexity index is 1930. The maximum Gasteiger partial charge on any atom is 0.216 e. The molecular weight excluding hydrogens is 416 g/mol. The fourth-order valence-corrected chi connectivity index (χ4v) is 4.55. The molecule has 0 fully saturated rings. The summed E-state index contributed by atoms with van der Waals surface area (Å²) in [5.41, 5.74) is 3.99. The van der Waals surface area contributed by atoms with E-state index < -0.39 is 19.6 Å². The SMILES string of the molecule is [2H]c1c(C([2H])(C)C([2H])([2H])[2H])c(C([2H])([2H])[2H])c(C)[n+](C)c1-c1c(C)ccc2c1oc1cc([N+]#[C-])cc(-c3ccccc3)c12. The summed E-state index contributed by atoms with van der Waals surface area (Å²) in [5.74, 6) is -2.39. The molecule has 0 amide bonds. The summed E-state index contributed by atoms with van der Waals surface area (Å²) >= 11 is 0. The van der Waals surface area contributed by atoms with E-state index in [2.05, 4.69) is 4.85 Å². The lowest BCUT2D eigenvalue weighted by atomic mass is 9.92. The van der Waals surface area contributed by atoms with Crippen LogP contribution in [0.1, 0.15) is 53.0 Å². The second-order valence-corrected chi connectivity index (χ2v) is 8.57. The number of rotatable bonds is 3. The van der Waals surface area contributed by atoms with E-state index in [1.54, 1.807) is 24.6 Å². The lowest BCUT2D eigenvalue weighted by Crippen LogP contribution is -2.36. The average Bonchev–Trinajstić information content (AvgIpc) is 3.28. The zero-order valence-corrected chi connectivity index (χ0v) is 19.5. The number of hydrogen-bond donors (Lipinski definition) is 0. The number of aryl methyl sites for hydroxylation is 1. The molecule has 1 atom stereocenters. The molecule has 0 aliphatic rings. The van der Waals surface area contributed by atoms with Gasteiger partial charge in [-0.05, 0) is 54.1 Å². The van der Waals surface area contributed by atoms with E-state index in [9.17, 15) is 1.37 Å². The minimum absolute atomic E-state index is 0.228. The van der Waals surface area contributed by atoms with E-state index in [1.807, 2.05) is 55.5 Å². The van der Waals surface area contributed by atoms with Crippen LogP contribution >= 0.6 is 0 Å². The molecule has 5 rings (SSSR count). The van der Waals surface area contributed by atoms with Crippen LogP contribution in [0.3, 0.4) is 0 Å². The van der Waals surface area contributed by atoms with Gasteiger partial charge in [-0.2, -0.15) is 4.57 Å². The molecule has 0 radical (unpaired) electrons. The van der Waals surface area contributed by atoms with Gasteiger partial charge in [-0.1, -0.05) is 56.2 Å². The maximum absolute atomic E-state index is 9.30. The average molecular weight is 454 g/mol. The standard InChI is InChI=1S/C31H29N2O/c1-18(2)25-17-27(33(7)21(5)20(25)4)29-19(3)13-14-24-30-26(22-11-9-8-10-12-22)15-23(32-6)16-28(30)34-31(24)29/h8-18H,1-5,7H3/q+1/i1D3,4D3,17D,18D. The van der Waals surface area contributed by atoms with Crippen LogP contribution in [0, 0.1) is 27.3 Å². The minimum atomic E-state index is -2.91. The van der Waals surface area contributed by atoms with E-state index in [0.29, 0.717) is 28.0 Å². The Kier molecular flexibility index (Phi) is 3.45. The van der Waals surface area contributed by atoms with Crippen molar-refractivity contribution >= 4 is 27.6 Å². The molecule has 168 valence electrons. The van der Waals surface area contributed by atoms with Crippen molar-refractivity contribution in [2.45, 2.75) is 40.4 Å². The number of benzene rings is 3. The van der Waals surface area contributed by atoms with Gasteiger partial charge in [0, 0.05) is 38.9 Å². The molecule has 0 aliphatic heterocycles.